The van der Waals surface area contributed by atoms with Crippen LogP contribution in [0.1, 0.15) is 12.8 Å². The minimum absolute atomic E-state index is 0.00849. The molecule has 1 rings (SSSR count). The second-order valence-electron chi connectivity index (χ2n) is 2.09. The molecule has 1 fully saturated rings. The van der Waals surface area contributed by atoms with E-state index in [2.05, 4.69) is 0 Å². The van der Waals surface area contributed by atoms with Gasteiger partial charge in [-0.25, -0.2) is 8.60 Å². The molecule has 1 atom stereocenters. The maximum absolute atomic E-state index is 12.5. The van der Waals surface area contributed by atoms with Crippen molar-refractivity contribution in [1.29, 1.82) is 0 Å². The van der Waals surface area contributed by atoms with Gasteiger partial charge in [0.15, 0.2) is 0 Å². The zero-order valence-corrected chi connectivity index (χ0v) is 5.77. The van der Waals surface area contributed by atoms with Crippen molar-refractivity contribution in [2.75, 3.05) is 5.75 Å². The van der Waals surface area contributed by atoms with E-state index in [4.69, 9.17) is 10.7 Å². The molecule has 48 valence electrons. The highest BCUT2D eigenvalue weighted by molar-refractivity contribution is 8.08. The molecule has 0 spiro atoms. The first kappa shape index (κ1) is 6.49. The molecule has 0 saturated heterocycles. The van der Waals surface area contributed by atoms with Crippen LogP contribution in [0.15, 0.2) is 0 Å². The Labute approximate surface area is 54.2 Å². The minimum atomic E-state index is -1.48. The van der Waals surface area contributed by atoms with Gasteiger partial charge in [-0.15, -0.1) is 0 Å². The molecule has 4 heteroatoms. The van der Waals surface area contributed by atoms with Crippen LogP contribution in [0.25, 0.3) is 0 Å². The van der Waals surface area contributed by atoms with Crippen LogP contribution in [0.2, 0.25) is 0 Å². The van der Waals surface area contributed by atoms with Crippen LogP contribution in [0.3, 0.4) is 0 Å². The van der Waals surface area contributed by atoms with Crippen LogP contribution in [-0.2, 0) is 10.0 Å². The minimum Gasteiger partial charge on any atom is -0.243 e. The molecule has 8 heavy (non-hydrogen) atoms. The van der Waals surface area contributed by atoms with Gasteiger partial charge in [0.1, 0.15) is 15.7 Å². The fraction of sp³-hybridized carbons (Fsp3) is 1.00. The van der Waals surface area contributed by atoms with E-state index in [0.717, 1.165) is 0 Å². The standard InChI is InChI=1S/C4H6ClFOS/c5-8(7)3-4(6)1-2-4/h1-3H2. The molecule has 0 aromatic rings. The highest BCUT2D eigenvalue weighted by atomic mass is 35.7. The molecule has 0 aromatic carbocycles. The van der Waals surface area contributed by atoms with Crippen molar-refractivity contribution < 1.29 is 8.60 Å². The lowest BCUT2D eigenvalue weighted by Gasteiger charge is -1.95. The molecule has 1 unspecified atom stereocenters. The lowest BCUT2D eigenvalue weighted by atomic mass is 10.5. The molecular weight excluding hydrogens is 151 g/mol. The van der Waals surface area contributed by atoms with E-state index in [1.54, 1.807) is 0 Å². The zero-order chi connectivity index (χ0) is 6.20. The zero-order valence-electron chi connectivity index (χ0n) is 4.19. The lowest BCUT2D eigenvalue weighted by molar-refractivity contribution is 0.344. The topological polar surface area (TPSA) is 17.1 Å². The summed E-state index contributed by atoms with van der Waals surface area (Å²) in [5.74, 6) is 0.00849. The van der Waals surface area contributed by atoms with Gasteiger partial charge in [0.05, 0.1) is 5.75 Å². The van der Waals surface area contributed by atoms with Crippen molar-refractivity contribution in [3.8, 4) is 0 Å². The first-order chi connectivity index (χ1) is 3.62. The summed E-state index contributed by atoms with van der Waals surface area (Å²) in [7, 11) is 3.56. The van der Waals surface area contributed by atoms with Gasteiger partial charge in [-0.2, -0.15) is 0 Å². The lowest BCUT2D eigenvalue weighted by Crippen LogP contribution is -2.08. The maximum Gasteiger partial charge on any atom is 0.124 e. The van der Waals surface area contributed by atoms with Gasteiger partial charge in [-0.3, -0.25) is 0 Å². The molecule has 0 aliphatic heterocycles. The van der Waals surface area contributed by atoms with E-state index in [9.17, 15) is 8.60 Å². The molecule has 1 aliphatic rings. The summed E-state index contributed by atoms with van der Waals surface area (Å²) in [4.78, 5) is 0. The van der Waals surface area contributed by atoms with E-state index in [1.165, 1.54) is 0 Å². The molecule has 0 heterocycles. The van der Waals surface area contributed by atoms with Crippen molar-refractivity contribution in [1.82, 2.24) is 0 Å². The highest BCUT2D eigenvalue weighted by Crippen LogP contribution is 2.40. The predicted molar refractivity (Wildman–Crippen MR) is 31.9 cm³/mol. The Morgan fingerprint density at radius 2 is 2.25 bits per heavy atom. The first-order valence-electron chi connectivity index (χ1n) is 2.36. The maximum atomic E-state index is 12.5. The quantitative estimate of drug-likeness (QED) is 0.553. The molecule has 1 nitrogen and oxygen atoms in total. The third kappa shape index (κ3) is 1.71. The summed E-state index contributed by atoms with van der Waals surface area (Å²) in [5.41, 5.74) is -1.16. The monoisotopic (exact) mass is 156 g/mol. The smallest absolute Gasteiger partial charge is 0.124 e. The highest BCUT2D eigenvalue weighted by Gasteiger charge is 2.44. The molecule has 0 aromatic heterocycles. The van der Waals surface area contributed by atoms with Crippen LogP contribution in [-0.4, -0.2) is 15.6 Å². The molecular formula is C4H6ClFOS. The van der Waals surface area contributed by atoms with Crippen molar-refractivity contribution in [3.05, 3.63) is 0 Å². The number of hydrogen-bond acceptors (Lipinski definition) is 1. The van der Waals surface area contributed by atoms with Crippen LogP contribution >= 0.6 is 10.7 Å². The number of halogens is 2. The summed E-state index contributed by atoms with van der Waals surface area (Å²) in [6.07, 6.45) is 1.07. The first-order valence-corrected chi connectivity index (χ1v) is 4.50. The number of alkyl halides is 1. The molecule has 0 N–H and O–H groups in total. The predicted octanol–water partition coefficient (Wildman–Crippen LogP) is 1.39. The summed E-state index contributed by atoms with van der Waals surface area (Å²) < 4.78 is 22.6. The van der Waals surface area contributed by atoms with E-state index >= 15 is 0 Å². The fourth-order valence-electron chi connectivity index (χ4n) is 0.483. The normalized spacial score (nSPS) is 27.2. The second-order valence-corrected chi connectivity index (χ2v) is 3.99. The van der Waals surface area contributed by atoms with Crippen LogP contribution in [0.4, 0.5) is 4.39 Å². The Bertz CT molecular complexity index is 123. The summed E-state index contributed by atoms with van der Waals surface area (Å²) >= 11 is 0. The molecule has 1 saturated carbocycles. The van der Waals surface area contributed by atoms with Gasteiger partial charge in [0.25, 0.3) is 0 Å². The average Bonchev–Trinajstić information content (AvgIpc) is 2.17. The summed E-state index contributed by atoms with van der Waals surface area (Å²) in [5, 5.41) is 0. The van der Waals surface area contributed by atoms with Crippen LogP contribution < -0.4 is 0 Å². The van der Waals surface area contributed by atoms with Gasteiger partial charge >= 0.3 is 0 Å². The van der Waals surface area contributed by atoms with E-state index < -0.39 is 15.7 Å². The molecule has 0 amide bonds. The van der Waals surface area contributed by atoms with E-state index in [0.29, 0.717) is 12.8 Å². The van der Waals surface area contributed by atoms with E-state index in [1.807, 2.05) is 0 Å². The van der Waals surface area contributed by atoms with Gasteiger partial charge < -0.3 is 0 Å². The van der Waals surface area contributed by atoms with Gasteiger partial charge in [0, 0.05) is 0 Å². The Balaban J connectivity index is 2.29. The SMILES string of the molecule is O=S(Cl)CC1(F)CC1. The van der Waals surface area contributed by atoms with Crippen molar-refractivity contribution in [2.45, 2.75) is 18.5 Å². The summed E-state index contributed by atoms with van der Waals surface area (Å²) in [6.45, 7) is 0. The Morgan fingerprint density at radius 1 is 1.75 bits per heavy atom. The Hall–Kier alpha value is 0.370. The third-order valence-electron chi connectivity index (χ3n) is 1.16. The second kappa shape index (κ2) is 1.95. The van der Waals surface area contributed by atoms with Crippen molar-refractivity contribution >= 4 is 20.7 Å². The van der Waals surface area contributed by atoms with Gasteiger partial charge in [-0.1, -0.05) is 0 Å². The number of hydrogen-bond donors (Lipinski definition) is 0. The van der Waals surface area contributed by atoms with Gasteiger partial charge in [-0.05, 0) is 23.5 Å². The summed E-state index contributed by atoms with van der Waals surface area (Å²) in [6, 6.07) is 0. The van der Waals surface area contributed by atoms with Crippen LogP contribution in [0.5, 0.6) is 0 Å². The Kier molecular flexibility index (Phi) is 1.59. The van der Waals surface area contributed by atoms with Gasteiger partial charge in [0.2, 0.25) is 0 Å². The Morgan fingerprint density at radius 3 is 2.38 bits per heavy atom. The third-order valence-corrected chi connectivity index (χ3v) is 2.24. The van der Waals surface area contributed by atoms with Crippen LogP contribution in [0, 0.1) is 0 Å². The molecule has 1 aliphatic carbocycles. The number of rotatable bonds is 2. The molecule has 0 bridgehead atoms. The molecule has 0 radical (unpaired) electrons. The fourth-order valence-corrected chi connectivity index (χ4v) is 1.77. The van der Waals surface area contributed by atoms with E-state index in [-0.39, 0.29) is 5.75 Å². The van der Waals surface area contributed by atoms with Crippen molar-refractivity contribution in [3.63, 3.8) is 0 Å². The van der Waals surface area contributed by atoms with Crippen molar-refractivity contribution in [2.24, 2.45) is 0 Å². The largest absolute Gasteiger partial charge is 0.243 e. The average molecular weight is 157 g/mol.